The number of carbonyl (C=O) groups is 1. The monoisotopic (exact) mass is 297 g/mol. The first-order valence-electron chi connectivity index (χ1n) is 7.82. The van der Waals surface area contributed by atoms with E-state index in [2.05, 4.69) is 24.0 Å². The summed E-state index contributed by atoms with van der Waals surface area (Å²) in [6.45, 7) is 4.36. The van der Waals surface area contributed by atoms with Crippen molar-refractivity contribution in [3.63, 3.8) is 0 Å². The molecule has 1 heterocycles. The number of hydrogen-bond donors (Lipinski definition) is 0. The summed E-state index contributed by atoms with van der Waals surface area (Å²) in [4.78, 5) is 15.4. The summed E-state index contributed by atoms with van der Waals surface area (Å²) >= 11 is 0. The van der Waals surface area contributed by atoms with E-state index in [1.54, 1.807) is 6.92 Å². The summed E-state index contributed by atoms with van der Waals surface area (Å²) in [5.41, 5.74) is 3.47. The van der Waals surface area contributed by atoms with Crippen LogP contribution < -0.4 is 4.74 Å². The maximum Gasteiger partial charge on any atom is 0.130 e. The van der Waals surface area contributed by atoms with Gasteiger partial charge in [0, 0.05) is 24.7 Å². The van der Waals surface area contributed by atoms with Crippen molar-refractivity contribution in [2.24, 2.45) is 0 Å². The predicted molar refractivity (Wildman–Crippen MR) is 88.3 cm³/mol. The van der Waals surface area contributed by atoms with E-state index in [0.717, 1.165) is 30.7 Å². The third-order valence-electron chi connectivity index (χ3n) is 3.61. The van der Waals surface area contributed by atoms with Gasteiger partial charge in [-0.05, 0) is 49.1 Å². The van der Waals surface area contributed by atoms with Crippen molar-refractivity contribution < 1.29 is 9.53 Å². The summed E-state index contributed by atoms with van der Waals surface area (Å²) in [7, 11) is 0. The zero-order chi connectivity index (χ0) is 15.8. The van der Waals surface area contributed by atoms with Crippen molar-refractivity contribution in [3.05, 3.63) is 59.4 Å². The van der Waals surface area contributed by atoms with Gasteiger partial charge in [-0.3, -0.25) is 4.98 Å². The fourth-order valence-electron chi connectivity index (χ4n) is 2.16. The second-order valence-electron chi connectivity index (χ2n) is 5.46. The van der Waals surface area contributed by atoms with Crippen LogP contribution in [0.5, 0.6) is 5.75 Å². The SMILES string of the molecule is CCc1ccc(CCOc2ccc(CCC(C)=O)cc2)nc1. The first kappa shape index (κ1) is 16.2. The second kappa shape index (κ2) is 8.32. The molecule has 0 saturated carbocycles. The molecule has 116 valence electrons. The molecule has 22 heavy (non-hydrogen) atoms. The zero-order valence-corrected chi connectivity index (χ0v) is 13.3. The van der Waals surface area contributed by atoms with Crippen LogP contribution in [0.25, 0.3) is 0 Å². The highest BCUT2D eigenvalue weighted by atomic mass is 16.5. The molecule has 0 aliphatic heterocycles. The molecule has 0 atom stereocenters. The molecule has 0 unspecified atom stereocenters. The Kier molecular flexibility index (Phi) is 6.13. The summed E-state index contributed by atoms with van der Waals surface area (Å²) in [5.74, 6) is 1.08. The molecule has 0 saturated heterocycles. The quantitative estimate of drug-likeness (QED) is 0.744. The maximum absolute atomic E-state index is 11.0. The number of aromatic nitrogens is 1. The molecule has 3 heteroatoms. The van der Waals surface area contributed by atoms with E-state index in [9.17, 15) is 4.79 Å². The lowest BCUT2D eigenvalue weighted by Gasteiger charge is -2.07. The first-order chi connectivity index (χ1) is 10.7. The van der Waals surface area contributed by atoms with E-state index in [1.807, 2.05) is 30.5 Å². The Morgan fingerprint density at radius 2 is 1.77 bits per heavy atom. The normalized spacial score (nSPS) is 10.5. The number of pyridine rings is 1. The van der Waals surface area contributed by atoms with Crippen LogP contribution in [0.4, 0.5) is 0 Å². The molecule has 0 radical (unpaired) electrons. The number of ether oxygens (including phenoxy) is 1. The molecule has 1 aromatic carbocycles. The van der Waals surface area contributed by atoms with Gasteiger partial charge in [-0.25, -0.2) is 0 Å². The van der Waals surface area contributed by atoms with Crippen molar-refractivity contribution in [3.8, 4) is 5.75 Å². The van der Waals surface area contributed by atoms with Gasteiger partial charge in [0.25, 0.3) is 0 Å². The molecular formula is C19H23NO2. The van der Waals surface area contributed by atoms with E-state index >= 15 is 0 Å². The Labute approximate surface area is 132 Å². The van der Waals surface area contributed by atoms with Crippen molar-refractivity contribution in [1.29, 1.82) is 0 Å². The van der Waals surface area contributed by atoms with Crippen LogP contribution in [0, 0.1) is 0 Å². The Balaban J connectivity index is 1.77. The molecule has 0 aliphatic carbocycles. The molecule has 0 aliphatic rings. The molecule has 0 N–H and O–H groups in total. The predicted octanol–water partition coefficient (Wildman–Crippen LogP) is 3.79. The third-order valence-corrected chi connectivity index (χ3v) is 3.61. The van der Waals surface area contributed by atoms with Gasteiger partial charge < -0.3 is 9.53 Å². The fourth-order valence-corrected chi connectivity index (χ4v) is 2.16. The smallest absolute Gasteiger partial charge is 0.130 e. The number of carbonyl (C=O) groups excluding carboxylic acids is 1. The highest BCUT2D eigenvalue weighted by Crippen LogP contribution is 2.14. The second-order valence-corrected chi connectivity index (χ2v) is 5.46. The minimum absolute atomic E-state index is 0.224. The third kappa shape index (κ3) is 5.32. The molecule has 3 nitrogen and oxygen atoms in total. The van der Waals surface area contributed by atoms with Gasteiger partial charge in [-0.2, -0.15) is 0 Å². The molecule has 0 amide bonds. The van der Waals surface area contributed by atoms with E-state index in [-0.39, 0.29) is 5.78 Å². The lowest BCUT2D eigenvalue weighted by Crippen LogP contribution is -2.03. The van der Waals surface area contributed by atoms with Crippen LogP contribution in [0.15, 0.2) is 42.6 Å². The Morgan fingerprint density at radius 3 is 2.36 bits per heavy atom. The average Bonchev–Trinajstić information content (AvgIpc) is 2.55. The molecule has 2 aromatic rings. The van der Waals surface area contributed by atoms with Crippen LogP contribution >= 0.6 is 0 Å². The molecular weight excluding hydrogens is 274 g/mol. The highest BCUT2D eigenvalue weighted by molar-refractivity contribution is 5.75. The fraction of sp³-hybridized carbons (Fsp3) is 0.368. The first-order valence-corrected chi connectivity index (χ1v) is 7.82. The summed E-state index contributed by atoms with van der Waals surface area (Å²) < 4.78 is 5.74. The van der Waals surface area contributed by atoms with Gasteiger partial charge in [0.1, 0.15) is 11.5 Å². The summed E-state index contributed by atoms with van der Waals surface area (Å²) in [5, 5.41) is 0. The lowest BCUT2D eigenvalue weighted by molar-refractivity contribution is -0.116. The minimum atomic E-state index is 0.224. The van der Waals surface area contributed by atoms with Crippen LogP contribution in [0.2, 0.25) is 0 Å². The molecule has 0 fully saturated rings. The van der Waals surface area contributed by atoms with Crippen LogP contribution in [-0.4, -0.2) is 17.4 Å². The van der Waals surface area contributed by atoms with Crippen molar-refractivity contribution >= 4 is 5.78 Å². The number of rotatable bonds is 8. The highest BCUT2D eigenvalue weighted by Gasteiger charge is 2.00. The average molecular weight is 297 g/mol. The Morgan fingerprint density at radius 1 is 1.05 bits per heavy atom. The number of nitrogens with zero attached hydrogens (tertiary/aromatic N) is 1. The summed E-state index contributed by atoms with van der Waals surface area (Å²) in [6, 6.07) is 12.1. The zero-order valence-electron chi connectivity index (χ0n) is 13.3. The largest absolute Gasteiger partial charge is 0.493 e. The van der Waals surface area contributed by atoms with Gasteiger partial charge in [0.05, 0.1) is 6.61 Å². The number of hydrogen-bond acceptors (Lipinski definition) is 3. The molecule has 0 bridgehead atoms. The van der Waals surface area contributed by atoms with Gasteiger partial charge >= 0.3 is 0 Å². The molecule has 1 aromatic heterocycles. The van der Waals surface area contributed by atoms with Gasteiger partial charge in [0.15, 0.2) is 0 Å². The van der Waals surface area contributed by atoms with Crippen LogP contribution in [0.1, 0.15) is 37.1 Å². The van der Waals surface area contributed by atoms with Gasteiger partial charge in [-0.1, -0.05) is 25.1 Å². The number of ketones is 1. The maximum atomic E-state index is 11.0. The minimum Gasteiger partial charge on any atom is -0.493 e. The van der Waals surface area contributed by atoms with E-state index in [0.29, 0.717) is 13.0 Å². The molecule has 2 rings (SSSR count). The van der Waals surface area contributed by atoms with Gasteiger partial charge in [0.2, 0.25) is 0 Å². The van der Waals surface area contributed by atoms with E-state index < -0.39 is 0 Å². The van der Waals surface area contributed by atoms with Crippen LogP contribution in [-0.2, 0) is 24.1 Å². The van der Waals surface area contributed by atoms with Crippen molar-refractivity contribution in [2.75, 3.05) is 6.61 Å². The summed E-state index contributed by atoms with van der Waals surface area (Å²) in [6.07, 6.45) is 5.14. The number of Topliss-reactive ketones (excluding diaryl/α,β-unsaturated/α-hetero) is 1. The molecule has 0 spiro atoms. The van der Waals surface area contributed by atoms with Crippen LogP contribution in [0.3, 0.4) is 0 Å². The van der Waals surface area contributed by atoms with E-state index in [1.165, 1.54) is 11.1 Å². The Bertz CT molecular complexity index is 588. The number of benzene rings is 1. The van der Waals surface area contributed by atoms with Crippen molar-refractivity contribution in [2.45, 2.75) is 39.5 Å². The number of aryl methyl sites for hydroxylation is 2. The standard InChI is InChI=1S/C19H23NO2/c1-3-16-6-9-18(20-14-16)12-13-22-19-10-7-17(8-11-19)5-4-15(2)21/h6-11,14H,3-5,12-13H2,1-2H3. The van der Waals surface area contributed by atoms with E-state index in [4.69, 9.17) is 4.74 Å². The lowest BCUT2D eigenvalue weighted by atomic mass is 10.1. The van der Waals surface area contributed by atoms with Crippen molar-refractivity contribution in [1.82, 2.24) is 4.98 Å². The Hall–Kier alpha value is -2.16. The van der Waals surface area contributed by atoms with Gasteiger partial charge in [-0.15, -0.1) is 0 Å². The topological polar surface area (TPSA) is 39.2 Å².